The standard InChI is InChI=1S/C14H27N3O3/c1-4-9-20-11-7-6-8-17(10-11)13(18)14(3,5-2)12(15)16-19/h11,19H,4-10H2,1-3H3,(H2,15,16). The largest absolute Gasteiger partial charge is 0.409 e. The van der Waals surface area contributed by atoms with Gasteiger partial charge in [0.15, 0.2) is 5.84 Å². The van der Waals surface area contributed by atoms with Gasteiger partial charge in [-0.25, -0.2) is 0 Å². The molecule has 1 aliphatic rings. The highest BCUT2D eigenvalue weighted by Crippen LogP contribution is 2.27. The SMILES string of the molecule is CCCOC1CCCN(C(=O)C(C)(CC)C(N)=NO)C1. The van der Waals surface area contributed by atoms with Crippen molar-refractivity contribution in [2.75, 3.05) is 19.7 Å². The zero-order chi connectivity index (χ0) is 15.2. The fourth-order valence-corrected chi connectivity index (χ4v) is 2.44. The summed E-state index contributed by atoms with van der Waals surface area (Å²) < 4.78 is 5.74. The van der Waals surface area contributed by atoms with Crippen molar-refractivity contribution in [1.82, 2.24) is 4.90 Å². The summed E-state index contributed by atoms with van der Waals surface area (Å²) in [7, 11) is 0. The number of carbonyl (C=O) groups is 1. The van der Waals surface area contributed by atoms with Crippen LogP contribution in [0.4, 0.5) is 0 Å². The van der Waals surface area contributed by atoms with Crippen molar-refractivity contribution < 1.29 is 14.7 Å². The molecule has 1 saturated heterocycles. The molecule has 6 heteroatoms. The van der Waals surface area contributed by atoms with Crippen LogP contribution in [-0.2, 0) is 9.53 Å². The van der Waals surface area contributed by atoms with E-state index >= 15 is 0 Å². The second-order valence-electron chi connectivity index (χ2n) is 5.56. The molecule has 2 unspecified atom stereocenters. The molecule has 1 rings (SSSR count). The van der Waals surface area contributed by atoms with E-state index in [1.165, 1.54) is 0 Å². The van der Waals surface area contributed by atoms with Crippen molar-refractivity contribution in [2.45, 2.75) is 52.6 Å². The van der Waals surface area contributed by atoms with Gasteiger partial charge in [0.05, 0.1) is 6.10 Å². The lowest BCUT2D eigenvalue weighted by molar-refractivity contribution is -0.142. The molecule has 0 radical (unpaired) electrons. The highest BCUT2D eigenvalue weighted by molar-refractivity contribution is 6.06. The van der Waals surface area contributed by atoms with Crippen molar-refractivity contribution in [3.63, 3.8) is 0 Å². The highest BCUT2D eigenvalue weighted by Gasteiger charge is 2.40. The zero-order valence-electron chi connectivity index (χ0n) is 12.8. The lowest BCUT2D eigenvalue weighted by atomic mass is 9.84. The summed E-state index contributed by atoms with van der Waals surface area (Å²) in [5.74, 6) is -0.110. The van der Waals surface area contributed by atoms with Gasteiger partial charge in [0.25, 0.3) is 0 Å². The van der Waals surface area contributed by atoms with E-state index in [1.54, 1.807) is 11.8 Å². The Labute approximate surface area is 120 Å². The summed E-state index contributed by atoms with van der Waals surface area (Å²) in [5.41, 5.74) is 4.76. The molecule has 1 heterocycles. The Bertz CT molecular complexity index is 360. The summed E-state index contributed by atoms with van der Waals surface area (Å²) in [5, 5.41) is 11.9. The normalized spacial score (nSPS) is 23.4. The van der Waals surface area contributed by atoms with Crippen molar-refractivity contribution in [3.05, 3.63) is 0 Å². The van der Waals surface area contributed by atoms with E-state index < -0.39 is 5.41 Å². The number of likely N-dealkylation sites (tertiary alicyclic amines) is 1. The van der Waals surface area contributed by atoms with Gasteiger partial charge >= 0.3 is 0 Å². The third-order valence-electron chi connectivity index (χ3n) is 4.08. The zero-order valence-corrected chi connectivity index (χ0v) is 12.8. The molecule has 116 valence electrons. The maximum Gasteiger partial charge on any atom is 0.236 e. The molecule has 6 nitrogen and oxygen atoms in total. The molecule has 0 aliphatic carbocycles. The van der Waals surface area contributed by atoms with Crippen molar-refractivity contribution in [1.29, 1.82) is 0 Å². The molecule has 1 aliphatic heterocycles. The van der Waals surface area contributed by atoms with Gasteiger partial charge in [-0.1, -0.05) is 19.0 Å². The van der Waals surface area contributed by atoms with Gasteiger partial charge in [0, 0.05) is 19.7 Å². The van der Waals surface area contributed by atoms with Crippen LogP contribution in [0.3, 0.4) is 0 Å². The Hall–Kier alpha value is -1.30. The van der Waals surface area contributed by atoms with Gasteiger partial charge in [0.1, 0.15) is 5.41 Å². The predicted octanol–water partition coefficient (Wildman–Crippen LogP) is 1.57. The third kappa shape index (κ3) is 3.62. The van der Waals surface area contributed by atoms with Gasteiger partial charge in [-0.05, 0) is 32.6 Å². The summed E-state index contributed by atoms with van der Waals surface area (Å²) in [4.78, 5) is 14.5. The third-order valence-corrected chi connectivity index (χ3v) is 4.08. The Morgan fingerprint density at radius 1 is 1.55 bits per heavy atom. The second-order valence-corrected chi connectivity index (χ2v) is 5.56. The van der Waals surface area contributed by atoms with Crippen LogP contribution < -0.4 is 5.73 Å². The van der Waals surface area contributed by atoms with Crippen molar-refractivity contribution in [3.8, 4) is 0 Å². The molecule has 0 aromatic carbocycles. The maximum absolute atomic E-state index is 12.7. The molecule has 0 aromatic rings. The fraction of sp³-hybridized carbons (Fsp3) is 0.857. The molecule has 0 saturated carbocycles. The molecular weight excluding hydrogens is 258 g/mol. The monoisotopic (exact) mass is 285 g/mol. The van der Waals surface area contributed by atoms with Gasteiger partial charge in [-0.2, -0.15) is 0 Å². The van der Waals surface area contributed by atoms with Crippen LogP contribution in [-0.4, -0.2) is 47.7 Å². The minimum absolute atomic E-state index is 0.0263. The van der Waals surface area contributed by atoms with E-state index in [0.717, 1.165) is 25.9 Å². The molecule has 3 N–H and O–H groups in total. The summed E-state index contributed by atoms with van der Waals surface area (Å²) in [6, 6.07) is 0. The summed E-state index contributed by atoms with van der Waals surface area (Å²) in [6.07, 6.45) is 3.48. The first-order valence-corrected chi connectivity index (χ1v) is 7.38. The highest BCUT2D eigenvalue weighted by atomic mass is 16.5. The molecule has 2 atom stereocenters. The van der Waals surface area contributed by atoms with E-state index in [4.69, 9.17) is 15.7 Å². The molecular formula is C14H27N3O3. The number of amides is 1. The average Bonchev–Trinajstić information content (AvgIpc) is 2.50. The number of amidine groups is 1. The van der Waals surface area contributed by atoms with E-state index in [2.05, 4.69) is 12.1 Å². The van der Waals surface area contributed by atoms with E-state index in [1.807, 2.05) is 6.92 Å². The van der Waals surface area contributed by atoms with E-state index in [0.29, 0.717) is 19.5 Å². The van der Waals surface area contributed by atoms with E-state index in [-0.39, 0.29) is 17.8 Å². The number of oxime groups is 1. The second kappa shape index (κ2) is 7.47. The number of piperidine rings is 1. The molecule has 0 aromatic heterocycles. The van der Waals surface area contributed by atoms with Crippen LogP contribution in [0.15, 0.2) is 5.16 Å². The number of nitrogens with zero attached hydrogens (tertiary/aromatic N) is 2. The number of ether oxygens (including phenoxy) is 1. The molecule has 20 heavy (non-hydrogen) atoms. The Morgan fingerprint density at radius 3 is 2.80 bits per heavy atom. The number of nitrogens with two attached hydrogens (primary N) is 1. The van der Waals surface area contributed by atoms with Crippen LogP contribution in [0.1, 0.15) is 46.5 Å². The number of carbonyl (C=O) groups excluding carboxylic acids is 1. The Kier molecular flexibility index (Phi) is 6.26. The first-order chi connectivity index (χ1) is 9.49. The van der Waals surface area contributed by atoms with Crippen molar-refractivity contribution in [2.24, 2.45) is 16.3 Å². The van der Waals surface area contributed by atoms with Crippen LogP contribution >= 0.6 is 0 Å². The lowest BCUT2D eigenvalue weighted by Crippen LogP contribution is -2.53. The van der Waals surface area contributed by atoms with Crippen LogP contribution in [0, 0.1) is 5.41 Å². The minimum Gasteiger partial charge on any atom is -0.409 e. The minimum atomic E-state index is -0.943. The Morgan fingerprint density at radius 2 is 2.25 bits per heavy atom. The van der Waals surface area contributed by atoms with Crippen molar-refractivity contribution >= 4 is 11.7 Å². The molecule has 0 bridgehead atoms. The fourth-order valence-electron chi connectivity index (χ4n) is 2.44. The predicted molar refractivity (Wildman–Crippen MR) is 77.7 cm³/mol. The van der Waals surface area contributed by atoms with Crippen LogP contribution in [0.5, 0.6) is 0 Å². The topological polar surface area (TPSA) is 88.2 Å². The van der Waals surface area contributed by atoms with Crippen LogP contribution in [0.25, 0.3) is 0 Å². The number of hydrogen-bond acceptors (Lipinski definition) is 4. The summed E-state index contributed by atoms with van der Waals surface area (Å²) in [6.45, 7) is 7.67. The molecule has 1 fully saturated rings. The smallest absolute Gasteiger partial charge is 0.236 e. The van der Waals surface area contributed by atoms with Crippen LogP contribution in [0.2, 0.25) is 0 Å². The lowest BCUT2D eigenvalue weighted by Gasteiger charge is -2.38. The molecule has 1 amide bonds. The van der Waals surface area contributed by atoms with E-state index in [9.17, 15) is 4.79 Å². The first kappa shape index (κ1) is 16.8. The maximum atomic E-state index is 12.7. The average molecular weight is 285 g/mol. The van der Waals surface area contributed by atoms with Gasteiger partial charge < -0.3 is 20.6 Å². The summed E-state index contributed by atoms with van der Waals surface area (Å²) >= 11 is 0. The Balaban J connectivity index is 2.75. The molecule has 0 spiro atoms. The van der Waals surface area contributed by atoms with Gasteiger partial charge in [0.2, 0.25) is 5.91 Å². The quantitative estimate of drug-likeness (QED) is 0.335. The number of hydrogen-bond donors (Lipinski definition) is 2. The number of rotatable bonds is 6. The van der Waals surface area contributed by atoms with Gasteiger partial charge in [-0.15, -0.1) is 0 Å². The van der Waals surface area contributed by atoms with Gasteiger partial charge in [-0.3, -0.25) is 4.79 Å². The first-order valence-electron chi connectivity index (χ1n) is 7.38.